The van der Waals surface area contributed by atoms with Crippen LogP contribution >= 0.6 is 0 Å². The lowest BCUT2D eigenvalue weighted by Crippen LogP contribution is -2.42. The first-order valence-corrected chi connectivity index (χ1v) is 6.09. The highest BCUT2D eigenvalue weighted by Gasteiger charge is 2.29. The summed E-state index contributed by atoms with van der Waals surface area (Å²) in [6, 6.07) is 7.60. The molecule has 19 heavy (non-hydrogen) atoms. The van der Waals surface area contributed by atoms with E-state index in [4.69, 9.17) is 0 Å². The molecule has 1 aromatic heterocycles. The third kappa shape index (κ3) is 2.10. The van der Waals surface area contributed by atoms with Gasteiger partial charge in [0.05, 0.1) is 18.8 Å². The van der Waals surface area contributed by atoms with E-state index < -0.39 is 6.10 Å². The van der Waals surface area contributed by atoms with Gasteiger partial charge in [0.25, 0.3) is 5.91 Å². The number of hydrogen-bond donors (Lipinski definition) is 1. The number of amides is 1. The van der Waals surface area contributed by atoms with E-state index in [1.54, 1.807) is 18.1 Å². The average Bonchev–Trinajstić information content (AvgIpc) is 2.83. The van der Waals surface area contributed by atoms with Gasteiger partial charge in [0.15, 0.2) is 5.69 Å². The van der Waals surface area contributed by atoms with Gasteiger partial charge in [0, 0.05) is 19.2 Å². The maximum absolute atomic E-state index is 12.4. The van der Waals surface area contributed by atoms with Crippen molar-refractivity contribution in [1.82, 2.24) is 15.0 Å². The molecule has 0 spiro atoms. The fraction of sp³-hybridized carbons (Fsp3) is 0.308. The Hall–Kier alpha value is -2.21. The van der Waals surface area contributed by atoms with Crippen LogP contribution in [0.1, 0.15) is 16.1 Å². The summed E-state index contributed by atoms with van der Waals surface area (Å²) in [4.78, 5) is 14.0. The van der Waals surface area contributed by atoms with Crippen LogP contribution in [0.3, 0.4) is 0 Å². The predicted molar refractivity (Wildman–Crippen MR) is 68.8 cm³/mol. The second kappa shape index (κ2) is 4.47. The third-order valence-corrected chi connectivity index (χ3v) is 3.20. The summed E-state index contributed by atoms with van der Waals surface area (Å²) >= 11 is 0. The van der Waals surface area contributed by atoms with Crippen molar-refractivity contribution in [2.24, 2.45) is 7.05 Å². The Morgan fingerprint density at radius 2 is 2.21 bits per heavy atom. The van der Waals surface area contributed by atoms with Gasteiger partial charge in [-0.3, -0.25) is 9.48 Å². The quantitative estimate of drug-likeness (QED) is 0.802. The molecular formula is C13H14N4O2. The molecule has 1 unspecified atom stereocenters. The minimum absolute atomic E-state index is 0.237. The summed E-state index contributed by atoms with van der Waals surface area (Å²) in [6.07, 6.45) is 1.60. The smallest absolute Gasteiger partial charge is 0.280 e. The van der Waals surface area contributed by atoms with Gasteiger partial charge >= 0.3 is 0 Å². The van der Waals surface area contributed by atoms with Crippen LogP contribution in [0.15, 0.2) is 30.5 Å². The maximum atomic E-state index is 12.4. The summed E-state index contributed by atoms with van der Waals surface area (Å²) in [7, 11) is 1.71. The molecule has 1 aliphatic rings. The van der Waals surface area contributed by atoms with Gasteiger partial charge in [0.2, 0.25) is 0 Å². The van der Waals surface area contributed by atoms with E-state index in [1.807, 2.05) is 24.3 Å². The van der Waals surface area contributed by atoms with E-state index >= 15 is 0 Å². The van der Waals surface area contributed by atoms with Gasteiger partial charge in [0.1, 0.15) is 0 Å². The largest absolute Gasteiger partial charge is 0.391 e. The molecule has 6 nitrogen and oxygen atoms in total. The standard InChI is InChI=1S/C13H14N4O2/c1-16-8-11(14-15-16)13(19)17-7-10(18)6-9-4-2-3-5-12(9)17/h2-5,8,10,18H,6-7H2,1H3. The van der Waals surface area contributed by atoms with E-state index in [0.29, 0.717) is 6.42 Å². The fourth-order valence-corrected chi connectivity index (χ4v) is 2.35. The van der Waals surface area contributed by atoms with Crippen molar-refractivity contribution >= 4 is 11.6 Å². The van der Waals surface area contributed by atoms with E-state index in [-0.39, 0.29) is 18.1 Å². The van der Waals surface area contributed by atoms with Crippen LogP contribution in [0.25, 0.3) is 0 Å². The SMILES string of the molecule is Cn1cc(C(=O)N2CC(O)Cc3ccccc32)nn1. The van der Waals surface area contributed by atoms with Crippen LogP contribution in [-0.2, 0) is 13.5 Å². The van der Waals surface area contributed by atoms with Gasteiger partial charge in [-0.2, -0.15) is 0 Å². The number of rotatable bonds is 1. The first kappa shape index (κ1) is 11.9. The van der Waals surface area contributed by atoms with Crippen molar-refractivity contribution in [1.29, 1.82) is 0 Å². The second-order valence-corrected chi connectivity index (χ2v) is 4.68. The number of para-hydroxylation sites is 1. The molecule has 1 amide bonds. The molecular weight excluding hydrogens is 244 g/mol. The Morgan fingerprint density at radius 3 is 2.95 bits per heavy atom. The van der Waals surface area contributed by atoms with E-state index in [9.17, 15) is 9.90 Å². The molecule has 1 aliphatic heterocycles. The number of hydrogen-bond acceptors (Lipinski definition) is 4. The van der Waals surface area contributed by atoms with Gasteiger partial charge < -0.3 is 10.0 Å². The van der Waals surface area contributed by atoms with Crippen LogP contribution in [0, 0.1) is 0 Å². The van der Waals surface area contributed by atoms with Crippen LogP contribution in [0.2, 0.25) is 0 Å². The number of aliphatic hydroxyl groups is 1. The Kier molecular flexibility index (Phi) is 2.79. The molecule has 2 heterocycles. The summed E-state index contributed by atoms with van der Waals surface area (Å²) in [5, 5.41) is 17.5. The first-order valence-electron chi connectivity index (χ1n) is 6.09. The van der Waals surface area contributed by atoms with Crippen molar-refractivity contribution in [3.05, 3.63) is 41.7 Å². The Balaban J connectivity index is 1.99. The van der Waals surface area contributed by atoms with Gasteiger partial charge in [-0.05, 0) is 11.6 Å². The Bertz CT molecular complexity index is 623. The fourth-order valence-electron chi connectivity index (χ4n) is 2.35. The molecule has 0 bridgehead atoms. The Labute approximate surface area is 110 Å². The minimum atomic E-state index is -0.546. The molecule has 1 N–H and O–H groups in total. The zero-order valence-corrected chi connectivity index (χ0v) is 10.5. The van der Waals surface area contributed by atoms with Crippen molar-refractivity contribution in [3.8, 4) is 0 Å². The number of β-amino-alcohol motifs (C(OH)–C–C–N with tert-alkyl or cyclic N) is 1. The van der Waals surface area contributed by atoms with Gasteiger partial charge in [-0.25, -0.2) is 0 Å². The molecule has 1 atom stereocenters. The number of aliphatic hydroxyl groups excluding tert-OH is 1. The summed E-state index contributed by atoms with van der Waals surface area (Å²) in [5.41, 5.74) is 2.09. The number of aryl methyl sites for hydroxylation is 1. The number of anilines is 1. The van der Waals surface area contributed by atoms with Gasteiger partial charge in [-0.1, -0.05) is 23.4 Å². The number of benzene rings is 1. The topological polar surface area (TPSA) is 71.2 Å². The lowest BCUT2D eigenvalue weighted by atomic mass is 9.99. The molecule has 98 valence electrons. The number of carbonyl (C=O) groups excluding carboxylic acids is 1. The van der Waals surface area contributed by atoms with E-state index in [2.05, 4.69) is 10.3 Å². The van der Waals surface area contributed by atoms with Crippen molar-refractivity contribution in [2.75, 3.05) is 11.4 Å². The summed E-state index contributed by atoms with van der Waals surface area (Å²) < 4.78 is 1.49. The molecule has 0 saturated heterocycles. The molecule has 0 radical (unpaired) electrons. The number of fused-ring (bicyclic) bond motifs is 1. The summed E-state index contributed by atoms with van der Waals surface area (Å²) in [6.45, 7) is 0.284. The second-order valence-electron chi connectivity index (χ2n) is 4.68. The molecule has 6 heteroatoms. The predicted octanol–water partition coefficient (Wildman–Crippen LogP) is 0.379. The highest BCUT2D eigenvalue weighted by atomic mass is 16.3. The average molecular weight is 258 g/mol. The van der Waals surface area contributed by atoms with Gasteiger partial charge in [-0.15, -0.1) is 5.10 Å². The minimum Gasteiger partial charge on any atom is -0.391 e. The van der Waals surface area contributed by atoms with Crippen LogP contribution < -0.4 is 4.90 Å². The first-order chi connectivity index (χ1) is 9.15. The van der Waals surface area contributed by atoms with Crippen molar-refractivity contribution in [2.45, 2.75) is 12.5 Å². The summed E-state index contributed by atoms with van der Waals surface area (Å²) in [5.74, 6) is -0.237. The zero-order chi connectivity index (χ0) is 13.4. The molecule has 1 aromatic carbocycles. The van der Waals surface area contributed by atoms with Crippen molar-refractivity contribution in [3.63, 3.8) is 0 Å². The molecule has 0 saturated carbocycles. The Morgan fingerprint density at radius 1 is 1.42 bits per heavy atom. The van der Waals surface area contributed by atoms with Crippen LogP contribution in [-0.4, -0.2) is 38.7 Å². The van der Waals surface area contributed by atoms with Crippen molar-refractivity contribution < 1.29 is 9.90 Å². The normalized spacial score (nSPS) is 18.2. The highest BCUT2D eigenvalue weighted by molar-refractivity contribution is 6.05. The highest BCUT2D eigenvalue weighted by Crippen LogP contribution is 2.27. The number of carbonyl (C=O) groups is 1. The number of nitrogens with zero attached hydrogens (tertiary/aromatic N) is 4. The third-order valence-electron chi connectivity index (χ3n) is 3.20. The van der Waals surface area contributed by atoms with Crippen LogP contribution in [0.4, 0.5) is 5.69 Å². The van der Waals surface area contributed by atoms with Crippen LogP contribution in [0.5, 0.6) is 0 Å². The molecule has 0 aliphatic carbocycles. The molecule has 0 fully saturated rings. The molecule has 2 aromatic rings. The lowest BCUT2D eigenvalue weighted by molar-refractivity contribution is 0.0949. The lowest BCUT2D eigenvalue weighted by Gasteiger charge is -2.31. The maximum Gasteiger partial charge on any atom is 0.280 e. The van der Waals surface area contributed by atoms with E-state index in [0.717, 1.165) is 11.3 Å². The monoisotopic (exact) mass is 258 g/mol. The molecule has 3 rings (SSSR count). The van der Waals surface area contributed by atoms with E-state index in [1.165, 1.54) is 4.68 Å². The number of aromatic nitrogens is 3. The zero-order valence-electron chi connectivity index (χ0n) is 10.5.